The van der Waals surface area contributed by atoms with E-state index in [9.17, 15) is 5.11 Å². The van der Waals surface area contributed by atoms with Gasteiger partial charge in [-0.15, -0.1) is 0 Å². The van der Waals surface area contributed by atoms with Crippen molar-refractivity contribution in [2.24, 2.45) is 0 Å². The van der Waals surface area contributed by atoms with E-state index in [0.29, 0.717) is 6.10 Å². The van der Waals surface area contributed by atoms with Crippen LogP contribution in [-0.2, 0) is 11.2 Å². The summed E-state index contributed by atoms with van der Waals surface area (Å²) in [6, 6.07) is 3.40. The predicted molar refractivity (Wildman–Crippen MR) is 64.2 cm³/mol. The van der Waals surface area contributed by atoms with Gasteiger partial charge in [-0.1, -0.05) is 0 Å². The molecule has 2 aromatic rings. The maximum atomic E-state index is 9.40. The summed E-state index contributed by atoms with van der Waals surface area (Å²) in [6.07, 6.45) is 8.32. The Morgan fingerprint density at radius 2 is 2.41 bits per heavy atom. The van der Waals surface area contributed by atoms with Crippen LogP contribution in [0, 0.1) is 0 Å². The Hall–Kier alpha value is -1.55. The van der Waals surface area contributed by atoms with E-state index in [1.807, 2.05) is 10.6 Å². The highest BCUT2D eigenvalue weighted by Crippen LogP contribution is 2.19. The molecule has 0 aliphatic carbocycles. The molecule has 0 spiro atoms. The van der Waals surface area contributed by atoms with Gasteiger partial charge in [-0.05, 0) is 25.3 Å². The molecule has 2 aromatic heterocycles. The fourth-order valence-electron chi connectivity index (χ4n) is 2.37. The topological polar surface area (TPSA) is 46.8 Å². The Bertz CT molecular complexity index is 515. The molecule has 90 valence electrons. The third-order valence-corrected chi connectivity index (χ3v) is 3.28. The molecule has 3 heterocycles. The second-order valence-corrected chi connectivity index (χ2v) is 4.55. The van der Waals surface area contributed by atoms with Crippen molar-refractivity contribution in [2.45, 2.75) is 31.8 Å². The lowest BCUT2D eigenvalue weighted by molar-refractivity contribution is 0.0156. The first-order valence-corrected chi connectivity index (χ1v) is 6.09. The minimum atomic E-state index is 0.276. The Morgan fingerprint density at radius 1 is 1.47 bits per heavy atom. The number of aromatic nitrogens is 2. The van der Waals surface area contributed by atoms with Gasteiger partial charge in [0, 0.05) is 25.3 Å². The molecule has 1 aliphatic rings. The molecule has 4 heteroatoms. The van der Waals surface area contributed by atoms with Crippen LogP contribution < -0.4 is 0 Å². The summed E-state index contributed by atoms with van der Waals surface area (Å²) < 4.78 is 7.73. The minimum Gasteiger partial charge on any atom is -0.508 e. The molecule has 0 saturated carbocycles. The molecule has 1 aliphatic heterocycles. The van der Waals surface area contributed by atoms with Gasteiger partial charge in [-0.25, -0.2) is 4.98 Å². The lowest BCUT2D eigenvalue weighted by Crippen LogP contribution is -2.22. The highest BCUT2D eigenvalue weighted by Gasteiger charge is 2.16. The molecule has 1 saturated heterocycles. The van der Waals surface area contributed by atoms with Crippen molar-refractivity contribution >= 4 is 5.52 Å². The van der Waals surface area contributed by atoms with Crippen LogP contribution in [0.4, 0.5) is 0 Å². The van der Waals surface area contributed by atoms with E-state index in [0.717, 1.165) is 30.8 Å². The van der Waals surface area contributed by atoms with E-state index in [2.05, 4.69) is 4.98 Å². The van der Waals surface area contributed by atoms with E-state index in [1.54, 1.807) is 18.3 Å². The van der Waals surface area contributed by atoms with E-state index >= 15 is 0 Å². The van der Waals surface area contributed by atoms with Gasteiger partial charge in [0.05, 0.1) is 17.8 Å². The second-order valence-electron chi connectivity index (χ2n) is 4.55. The van der Waals surface area contributed by atoms with Crippen molar-refractivity contribution < 1.29 is 9.84 Å². The number of fused-ring (bicyclic) bond motifs is 1. The second kappa shape index (κ2) is 4.37. The van der Waals surface area contributed by atoms with Crippen molar-refractivity contribution in [3.8, 4) is 5.75 Å². The maximum absolute atomic E-state index is 9.40. The van der Waals surface area contributed by atoms with Crippen molar-refractivity contribution in [1.29, 1.82) is 0 Å². The smallest absolute Gasteiger partial charge is 0.119 e. The number of pyridine rings is 1. The highest BCUT2D eigenvalue weighted by atomic mass is 16.5. The molecule has 3 rings (SSSR count). The summed E-state index contributed by atoms with van der Waals surface area (Å²) >= 11 is 0. The number of rotatable bonds is 2. The molecule has 1 fully saturated rings. The molecule has 0 radical (unpaired) electrons. The molecule has 1 N–H and O–H groups in total. The zero-order valence-electron chi connectivity index (χ0n) is 9.67. The monoisotopic (exact) mass is 232 g/mol. The summed E-state index contributed by atoms with van der Waals surface area (Å²) in [6.45, 7) is 0.870. The average Bonchev–Trinajstić information content (AvgIpc) is 2.73. The van der Waals surface area contributed by atoms with Gasteiger partial charge in [0.2, 0.25) is 0 Å². The normalized spacial score (nSPS) is 20.8. The van der Waals surface area contributed by atoms with E-state index in [1.165, 1.54) is 12.8 Å². The first kappa shape index (κ1) is 10.6. The van der Waals surface area contributed by atoms with Crippen LogP contribution in [0.3, 0.4) is 0 Å². The SMILES string of the molecule is Oc1ccn2c(CC3CCCCO3)ncc2c1. The average molecular weight is 232 g/mol. The molecule has 1 atom stereocenters. The lowest BCUT2D eigenvalue weighted by Gasteiger charge is -2.21. The molecule has 17 heavy (non-hydrogen) atoms. The third kappa shape index (κ3) is 2.13. The van der Waals surface area contributed by atoms with Crippen LogP contribution in [0.15, 0.2) is 24.5 Å². The number of aromatic hydroxyl groups is 1. The first-order chi connectivity index (χ1) is 8.33. The van der Waals surface area contributed by atoms with Crippen LogP contribution in [0.25, 0.3) is 5.52 Å². The molecule has 0 amide bonds. The highest BCUT2D eigenvalue weighted by molar-refractivity contribution is 5.50. The first-order valence-electron chi connectivity index (χ1n) is 6.09. The van der Waals surface area contributed by atoms with Gasteiger partial charge >= 0.3 is 0 Å². The molecule has 0 aromatic carbocycles. The van der Waals surface area contributed by atoms with Gasteiger partial charge in [-0.2, -0.15) is 0 Å². The van der Waals surface area contributed by atoms with Crippen molar-refractivity contribution in [1.82, 2.24) is 9.38 Å². The van der Waals surface area contributed by atoms with Crippen molar-refractivity contribution in [2.75, 3.05) is 6.61 Å². The summed E-state index contributed by atoms with van der Waals surface area (Å²) in [5.74, 6) is 1.28. The van der Waals surface area contributed by atoms with Gasteiger partial charge < -0.3 is 14.2 Å². The fourth-order valence-corrected chi connectivity index (χ4v) is 2.37. The van der Waals surface area contributed by atoms with Crippen LogP contribution in [-0.4, -0.2) is 27.2 Å². The molecule has 4 nitrogen and oxygen atoms in total. The zero-order valence-corrected chi connectivity index (χ0v) is 9.67. The van der Waals surface area contributed by atoms with Gasteiger partial charge in [0.15, 0.2) is 0 Å². The van der Waals surface area contributed by atoms with E-state index in [4.69, 9.17) is 4.74 Å². The van der Waals surface area contributed by atoms with Crippen LogP contribution >= 0.6 is 0 Å². The standard InChI is InChI=1S/C13H16N2O2/c16-11-4-5-15-10(7-11)9-14-13(15)8-12-3-1-2-6-17-12/h4-5,7,9,12,16H,1-3,6,8H2. The fraction of sp³-hybridized carbons (Fsp3) is 0.462. The number of hydrogen-bond acceptors (Lipinski definition) is 3. The largest absolute Gasteiger partial charge is 0.508 e. The van der Waals surface area contributed by atoms with Crippen molar-refractivity contribution in [3.05, 3.63) is 30.4 Å². The van der Waals surface area contributed by atoms with Crippen LogP contribution in [0.5, 0.6) is 5.75 Å². The number of ether oxygens (including phenoxy) is 1. The Morgan fingerprint density at radius 3 is 3.24 bits per heavy atom. The zero-order chi connectivity index (χ0) is 11.7. The third-order valence-electron chi connectivity index (χ3n) is 3.28. The minimum absolute atomic E-state index is 0.276. The lowest BCUT2D eigenvalue weighted by atomic mass is 10.1. The molecular formula is C13H16N2O2. The molecule has 0 bridgehead atoms. The van der Waals surface area contributed by atoms with Crippen LogP contribution in [0.1, 0.15) is 25.1 Å². The Kier molecular flexibility index (Phi) is 2.73. The Labute approximate surface area is 99.9 Å². The molecule has 1 unspecified atom stereocenters. The maximum Gasteiger partial charge on any atom is 0.119 e. The quantitative estimate of drug-likeness (QED) is 0.863. The summed E-state index contributed by atoms with van der Waals surface area (Å²) in [5, 5.41) is 9.40. The van der Waals surface area contributed by atoms with Crippen LogP contribution in [0.2, 0.25) is 0 Å². The Balaban J connectivity index is 1.84. The summed E-state index contributed by atoms with van der Waals surface area (Å²) in [7, 11) is 0. The summed E-state index contributed by atoms with van der Waals surface area (Å²) in [5.41, 5.74) is 0.927. The van der Waals surface area contributed by atoms with Gasteiger partial charge in [0.1, 0.15) is 11.6 Å². The predicted octanol–water partition coefficient (Wildman–Crippen LogP) is 2.15. The van der Waals surface area contributed by atoms with E-state index in [-0.39, 0.29) is 5.75 Å². The van der Waals surface area contributed by atoms with Gasteiger partial charge in [0.25, 0.3) is 0 Å². The molecular weight excluding hydrogens is 216 g/mol. The number of nitrogens with zero attached hydrogens (tertiary/aromatic N) is 2. The number of hydrogen-bond donors (Lipinski definition) is 1. The summed E-state index contributed by atoms with van der Waals surface area (Å²) in [4.78, 5) is 4.40. The number of imidazole rings is 1. The van der Waals surface area contributed by atoms with Gasteiger partial charge in [-0.3, -0.25) is 0 Å². The van der Waals surface area contributed by atoms with Crippen molar-refractivity contribution in [3.63, 3.8) is 0 Å². The van der Waals surface area contributed by atoms with E-state index < -0.39 is 0 Å².